The fourth-order valence-electron chi connectivity index (χ4n) is 3.49. The van der Waals surface area contributed by atoms with E-state index in [1.165, 1.54) is 0 Å². The van der Waals surface area contributed by atoms with Crippen LogP contribution in [0.2, 0.25) is 0 Å². The number of aryl methyl sites for hydroxylation is 1. The third-order valence-corrected chi connectivity index (χ3v) is 5.06. The number of nitrogens with one attached hydrogen (secondary N) is 3. The Morgan fingerprint density at radius 2 is 1.77 bits per heavy atom. The highest BCUT2D eigenvalue weighted by Gasteiger charge is 2.30. The molecule has 0 bridgehead atoms. The van der Waals surface area contributed by atoms with Gasteiger partial charge in [0.05, 0.1) is 11.3 Å². The molecule has 0 saturated carbocycles. The zero-order valence-corrected chi connectivity index (χ0v) is 17.0. The highest BCUT2D eigenvalue weighted by Crippen LogP contribution is 2.31. The molecule has 1 fully saturated rings. The Labute approximate surface area is 178 Å². The van der Waals surface area contributed by atoms with Gasteiger partial charge in [0.15, 0.2) is 0 Å². The summed E-state index contributed by atoms with van der Waals surface area (Å²) in [5.74, 6) is 1.31. The maximum absolute atomic E-state index is 13.0. The normalized spacial score (nSPS) is 15.0. The van der Waals surface area contributed by atoms with E-state index in [-0.39, 0.29) is 5.82 Å². The first kappa shape index (κ1) is 21.0. The Balaban J connectivity index is 1.51. The molecule has 0 radical (unpaired) electrons. The predicted octanol–water partition coefficient (Wildman–Crippen LogP) is 4.77. The molecule has 0 atom stereocenters. The molecule has 4 rings (SSSR count). The summed E-state index contributed by atoms with van der Waals surface area (Å²) in [5.41, 5.74) is 1.64. The van der Waals surface area contributed by atoms with Crippen molar-refractivity contribution in [2.24, 2.45) is 0 Å². The van der Waals surface area contributed by atoms with E-state index in [9.17, 15) is 13.2 Å². The number of anilines is 3. The summed E-state index contributed by atoms with van der Waals surface area (Å²) in [6.07, 6.45) is 0.556. The number of alkyl halides is 3. The van der Waals surface area contributed by atoms with Crippen LogP contribution in [0.3, 0.4) is 0 Å². The third kappa shape index (κ3) is 5.49. The highest BCUT2D eigenvalue weighted by molar-refractivity contribution is 5.65. The monoisotopic (exact) mass is 428 g/mol. The van der Waals surface area contributed by atoms with E-state index < -0.39 is 11.7 Å². The first-order valence-corrected chi connectivity index (χ1v) is 10.1. The van der Waals surface area contributed by atoms with E-state index >= 15 is 0 Å². The van der Waals surface area contributed by atoms with E-state index in [1.807, 2.05) is 25.1 Å². The lowest BCUT2D eigenvalue weighted by atomic mass is 10.1. The molecule has 6 nitrogen and oxygen atoms in total. The van der Waals surface area contributed by atoms with Crippen LogP contribution in [0.4, 0.5) is 30.6 Å². The average molecular weight is 428 g/mol. The lowest BCUT2D eigenvalue weighted by Gasteiger charge is -2.24. The van der Waals surface area contributed by atoms with Crippen LogP contribution >= 0.6 is 0 Å². The second-order valence-electron chi connectivity index (χ2n) is 7.57. The number of nitrogens with zero attached hydrogens (tertiary/aromatic N) is 3. The van der Waals surface area contributed by atoms with Crippen molar-refractivity contribution in [1.29, 1.82) is 0 Å². The van der Waals surface area contributed by atoms with Gasteiger partial charge >= 0.3 is 6.18 Å². The third-order valence-electron chi connectivity index (χ3n) is 5.06. The number of aromatic nitrogens is 3. The Morgan fingerprint density at radius 1 is 0.968 bits per heavy atom. The largest absolute Gasteiger partial charge is 0.416 e. The predicted molar refractivity (Wildman–Crippen MR) is 114 cm³/mol. The van der Waals surface area contributed by atoms with Gasteiger partial charge in [-0.05, 0) is 74.8 Å². The van der Waals surface area contributed by atoms with Crippen LogP contribution in [-0.2, 0) is 6.18 Å². The van der Waals surface area contributed by atoms with E-state index in [4.69, 9.17) is 0 Å². The SMILES string of the molecule is Cc1cc(Nc2cc(C(F)(F)F)ccn2)nc(-c2ccc(NC3CCNCC3)nc2)c1. The first-order chi connectivity index (χ1) is 14.9. The molecule has 1 aliphatic heterocycles. The van der Waals surface area contributed by atoms with Gasteiger partial charge in [-0.3, -0.25) is 0 Å². The Bertz CT molecular complexity index is 1030. The van der Waals surface area contributed by atoms with Gasteiger partial charge < -0.3 is 16.0 Å². The summed E-state index contributed by atoms with van der Waals surface area (Å²) >= 11 is 0. The molecule has 3 N–H and O–H groups in total. The molecule has 0 aromatic carbocycles. The Hall–Kier alpha value is -3.20. The standard InChI is InChI=1S/C22H23F3N6/c1-14-10-18(15-2-3-19(28-13-15)29-17-5-7-26-8-6-17)30-21(11-14)31-20-12-16(4-9-27-20)22(23,24)25/h2-4,9-13,17,26H,5-8H2,1H3,(H,28,29)(H,27,30,31). The van der Waals surface area contributed by atoms with Crippen LogP contribution in [0, 0.1) is 6.92 Å². The Kier molecular flexibility index (Phi) is 6.03. The van der Waals surface area contributed by atoms with Crippen molar-refractivity contribution in [2.45, 2.75) is 32.0 Å². The van der Waals surface area contributed by atoms with Gasteiger partial charge in [0, 0.05) is 24.0 Å². The van der Waals surface area contributed by atoms with Crippen LogP contribution in [0.5, 0.6) is 0 Å². The average Bonchev–Trinajstić information content (AvgIpc) is 2.74. The molecule has 3 aromatic heterocycles. The molecule has 0 spiro atoms. The molecular formula is C22H23F3N6. The zero-order chi connectivity index (χ0) is 21.8. The molecule has 0 amide bonds. The molecule has 31 heavy (non-hydrogen) atoms. The summed E-state index contributed by atoms with van der Waals surface area (Å²) in [4.78, 5) is 13.0. The van der Waals surface area contributed by atoms with E-state index in [0.717, 1.165) is 61.2 Å². The minimum atomic E-state index is -4.43. The molecule has 4 heterocycles. The number of hydrogen-bond acceptors (Lipinski definition) is 6. The van der Waals surface area contributed by atoms with Gasteiger partial charge in [0.25, 0.3) is 0 Å². The topological polar surface area (TPSA) is 74.8 Å². The minimum absolute atomic E-state index is 0.0820. The van der Waals surface area contributed by atoms with Gasteiger partial charge in [-0.15, -0.1) is 0 Å². The van der Waals surface area contributed by atoms with Crippen LogP contribution in [-0.4, -0.2) is 34.1 Å². The van der Waals surface area contributed by atoms with Crippen molar-refractivity contribution in [3.63, 3.8) is 0 Å². The van der Waals surface area contributed by atoms with Crippen LogP contribution in [0.1, 0.15) is 24.0 Å². The molecule has 3 aromatic rings. The summed E-state index contributed by atoms with van der Waals surface area (Å²) in [7, 11) is 0. The quantitative estimate of drug-likeness (QED) is 0.544. The smallest absolute Gasteiger partial charge is 0.367 e. The summed E-state index contributed by atoms with van der Waals surface area (Å²) < 4.78 is 38.9. The lowest BCUT2D eigenvalue weighted by Crippen LogP contribution is -2.35. The second-order valence-corrected chi connectivity index (χ2v) is 7.57. The highest BCUT2D eigenvalue weighted by atomic mass is 19.4. The zero-order valence-electron chi connectivity index (χ0n) is 17.0. The molecule has 0 aliphatic carbocycles. The van der Waals surface area contributed by atoms with Crippen molar-refractivity contribution in [3.8, 4) is 11.3 Å². The maximum Gasteiger partial charge on any atom is 0.416 e. The fraction of sp³-hybridized carbons (Fsp3) is 0.318. The van der Waals surface area contributed by atoms with Crippen molar-refractivity contribution in [3.05, 3.63) is 59.9 Å². The number of piperidine rings is 1. The number of halogens is 3. The fourth-order valence-corrected chi connectivity index (χ4v) is 3.49. The molecule has 1 aliphatic rings. The molecule has 0 unspecified atom stereocenters. The van der Waals surface area contributed by atoms with Crippen LogP contribution in [0.25, 0.3) is 11.3 Å². The molecule has 162 valence electrons. The van der Waals surface area contributed by atoms with Gasteiger partial charge in [0.2, 0.25) is 0 Å². The number of rotatable bonds is 5. The van der Waals surface area contributed by atoms with Gasteiger partial charge in [-0.1, -0.05) is 0 Å². The van der Waals surface area contributed by atoms with E-state index in [1.54, 1.807) is 12.3 Å². The molecule has 9 heteroatoms. The number of pyridine rings is 3. The van der Waals surface area contributed by atoms with Gasteiger partial charge in [0.1, 0.15) is 17.5 Å². The number of hydrogen-bond donors (Lipinski definition) is 3. The van der Waals surface area contributed by atoms with Crippen molar-refractivity contribution < 1.29 is 13.2 Å². The van der Waals surface area contributed by atoms with Gasteiger partial charge in [-0.2, -0.15) is 13.2 Å². The second kappa shape index (κ2) is 8.89. The summed E-state index contributed by atoms with van der Waals surface area (Å²) in [6.45, 7) is 3.90. The maximum atomic E-state index is 13.0. The van der Waals surface area contributed by atoms with Crippen LogP contribution in [0.15, 0.2) is 48.8 Å². The minimum Gasteiger partial charge on any atom is -0.367 e. The van der Waals surface area contributed by atoms with E-state index in [2.05, 4.69) is 30.9 Å². The van der Waals surface area contributed by atoms with E-state index in [0.29, 0.717) is 17.6 Å². The van der Waals surface area contributed by atoms with Crippen molar-refractivity contribution >= 4 is 17.5 Å². The van der Waals surface area contributed by atoms with Crippen molar-refractivity contribution in [1.82, 2.24) is 20.3 Å². The molecule has 1 saturated heterocycles. The summed E-state index contributed by atoms with van der Waals surface area (Å²) in [6, 6.07) is 9.83. The van der Waals surface area contributed by atoms with Crippen molar-refractivity contribution in [2.75, 3.05) is 23.7 Å². The molecular weight excluding hydrogens is 405 g/mol. The summed E-state index contributed by atoms with van der Waals surface area (Å²) in [5, 5.41) is 9.66. The Morgan fingerprint density at radius 3 is 2.48 bits per heavy atom. The van der Waals surface area contributed by atoms with Crippen LogP contribution < -0.4 is 16.0 Å². The first-order valence-electron chi connectivity index (χ1n) is 10.1. The lowest BCUT2D eigenvalue weighted by molar-refractivity contribution is -0.137. The van der Waals surface area contributed by atoms with Gasteiger partial charge in [-0.25, -0.2) is 15.0 Å².